The Morgan fingerprint density at radius 1 is 0.920 bits per heavy atom. The fourth-order valence-electron chi connectivity index (χ4n) is 3.56. The number of phenolic OH excluding ortho intramolecular Hbond substituents is 2. The van der Waals surface area contributed by atoms with Gasteiger partial charge in [-0.2, -0.15) is 0 Å². The van der Waals surface area contributed by atoms with Crippen molar-refractivity contribution in [1.82, 2.24) is 0 Å². The number of rotatable bonds is 11. The monoisotopic (exact) mass is 346 g/mol. The van der Waals surface area contributed by atoms with Crippen molar-refractivity contribution in [3.05, 3.63) is 23.3 Å². The van der Waals surface area contributed by atoms with Gasteiger partial charge in [0.15, 0.2) is 11.5 Å². The molecule has 0 atom stereocenters. The maximum absolute atomic E-state index is 9.88. The van der Waals surface area contributed by atoms with Gasteiger partial charge in [-0.1, -0.05) is 47.0 Å². The van der Waals surface area contributed by atoms with E-state index in [1.165, 1.54) is 62.5 Å². The summed E-state index contributed by atoms with van der Waals surface area (Å²) in [7, 11) is 0. The van der Waals surface area contributed by atoms with Crippen molar-refractivity contribution in [3.8, 4) is 11.5 Å². The van der Waals surface area contributed by atoms with Gasteiger partial charge in [0.25, 0.3) is 0 Å². The Balaban J connectivity index is 1.85. The molecule has 0 radical (unpaired) electrons. The SMILES string of the molecule is CCC(C)(C)CCCCc1cc(O)c(O)cc1CCCCC1(C)CC1. The Morgan fingerprint density at radius 2 is 1.44 bits per heavy atom. The lowest BCUT2D eigenvalue weighted by atomic mass is 9.84. The van der Waals surface area contributed by atoms with E-state index in [4.69, 9.17) is 0 Å². The summed E-state index contributed by atoms with van der Waals surface area (Å²) in [5.74, 6) is 0.0538. The Hall–Kier alpha value is -1.18. The van der Waals surface area contributed by atoms with Crippen LogP contribution in [0.5, 0.6) is 11.5 Å². The molecule has 2 N–H and O–H groups in total. The molecule has 1 aliphatic rings. The number of unbranched alkanes of at least 4 members (excludes halogenated alkanes) is 2. The van der Waals surface area contributed by atoms with Crippen LogP contribution < -0.4 is 0 Å². The predicted molar refractivity (Wildman–Crippen MR) is 106 cm³/mol. The van der Waals surface area contributed by atoms with E-state index < -0.39 is 0 Å². The van der Waals surface area contributed by atoms with E-state index in [0.29, 0.717) is 10.8 Å². The van der Waals surface area contributed by atoms with Gasteiger partial charge >= 0.3 is 0 Å². The van der Waals surface area contributed by atoms with Crippen molar-refractivity contribution in [2.75, 3.05) is 0 Å². The molecule has 2 nitrogen and oxygen atoms in total. The second kappa shape index (κ2) is 8.47. The van der Waals surface area contributed by atoms with Crippen molar-refractivity contribution in [2.24, 2.45) is 10.8 Å². The Kier molecular flexibility index (Phi) is 6.82. The quantitative estimate of drug-likeness (QED) is 0.343. The topological polar surface area (TPSA) is 40.5 Å². The minimum Gasteiger partial charge on any atom is -0.504 e. The summed E-state index contributed by atoms with van der Waals surface area (Å²) in [5, 5.41) is 19.8. The maximum Gasteiger partial charge on any atom is 0.157 e. The van der Waals surface area contributed by atoms with Gasteiger partial charge in [-0.3, -0.25) is 0 Å². The third-order valence-corrected chi connectivity index (χ3v) is 6.38. The van der Waals surface area contributed by atoms with E-state index in [9.17, 15) is 10.2 Å². The van der Waals surface area contributed by atoms with Crippen molar-refractivity contribution >= 4 is 0 Å². The number of phenols is 2. The van der Waals surface area contributed by atoms with Crippen LogP contribution in [-0.4, -0.2) is 10.2 Å². The summed E-state index contributed by atoms with van der Waals surface area (Å²) in [5.41, 5.74) is 3.51. The molecular weight excluding hydrogens is 308 g/mol. The zero-order valence-corrected chi connectivity index (χ0v) is 16.8. The molecule has 1 aliphatic carbocycles. The highest BCUT2D eigenvalue weighted by molar-refractivity contribution is 5.45. The molecule has 1 aromatic rings. The van der Waals surface area contributed by atoms with Crippen molar-refractivity contribution < 1.29 is 10.2 Å². The highest BCUT2D eigenvalue weighted by Crippen LogP contribution is 2.49. The lowest BCUT2D eigenvalue weighted by Gasteiger charge is -2.22. The first-order valence-electron chi connectivity index (χ1n) is 10.3. The number of aromatic hydroxyl groups is 2. The highest BCUT2D eigenvalue weighted by atomic mass is 16.3. The molecule has 2 heteroatoms. The summed E-state index contributed by atoms with van der Waals surface area (Å²) in [4.78, 5) is 0. The molecule has 142 valence electrons. The molecule has 0 saturated heterocycles. The zero-order valence-electron chi connectivity index (χ0n) is 16.8. The van der Waals surface area contributed by atoms with E-state index in [2.05, 4.69) is 27.7 Å². The van der Waals surface area contributed by atoms with Crippen molar-refractivity contribution in [3.63, 3.8) is 0 Å². The van der Waals surface area contributed by atoms with Crippen LogP contribution in [0.1, 0.15) is 96.6 Å². The lowest BCUT2D eigenvalue weighted by molar-refractivity contribution is 0.309. The second-order valence-electron chi connectivity index (χ2n) is 9.35. The van der Waals surface area contributed by atoms with Gasteiger partial charge in [0, 0.05) is 0 Å². The number of aryl methyl sites for hydroxylation is 2. The average Bonchev–Trinajstić information content (AvgIpc) is 3.30. The number of benzene rings is 1. The van der Waals surface area contributed by atoms with Gasteiger partial charge < -0.3 is 10.2 Å². The minimum atomic E-state index is 0.0260. The fraction of sp³-hybridized carbons (Fsp3) is 0.739. The molecule has 1 saturated carbocycles. The first-order valence-corrected chi connectivity index (χ1v) is 10.3. The summed E-state index contributed by atoms with van der Waals surface area (Å²) in [6.45, 7) is 9.33. The number of hydrogen-bond donors (Lipinski definition) is 2. The molecule has 0 spiro atoms. The molecule has 0 heterocycles. The number of hydrogen-bond acceptors (Lipinski definition) is 2. The van der Waals surface area contributed by atoms with Crippen LogP contribution in [0.25, 0.3) is 0 Å². The summed E-state index contributed by atoms with van der Waals surface area (Å²) < 4.78 is 0. The van der Waals surface area contributed by atoms with Gasteiger partial charge in [-0.25, -0.2) is 0 Å². The molecule has 0 aliphatic heterocycles. The molecule has 1 fully saturated rings. The third kappa shape index (κ3) is 6.56. The van der Waals surface area contributed by atoms with Gasteiger partial charge in [-0.15, -0.1) is 0 Å². The van der Waals surface area contributed by atoms with Crippen molar-refractivity contribution in [1.29, 1.82) is 0 Å². The van der Waals surface area contributed by atoms with Crippen LogP contribution in [0, 0.1) is 10.8 Å². The standard InChI is InChI=1S/C23H38O2/c1-5-22(2,3)12-8-6-10-18-16-20(24)21(25)17-19(18)11-7-9-13-23(4)14-15-23/h16-17,24-25H,5-15H2,1-4H3. The average molecular weight is 347 g/mol. The normalized spacial score (nSPS) is 16.2. The van der Waals surface area contributed by atoms with Crippen LogP contribution in [0.15, 0.2) is 12.1 Å². The zero-order chi connectivity index (χ0) is 18.5. The first kappa shape index (κ1) is 20.1. The third-order valence-electron chi connectivity index (χ3n) is 6.38. The van der Waals surface area contributed by atoms with E-state index in [1.807, 2.05) is 0 Å². The second-order valence-corrected chi connectivity index (χ2v) is 9.35. The fourth-order valence-corrected chi connectivity index (χ4v) is 3.56. The largest absolute Gasteiger partial charge is 0.504 e. The Bertz CT molecular complexity index is 555. The van der Waals surface area contributed by atoms with Crippen molar-refractivity contribution in [2.45, 2.75) is 98.3 Å². The highest BCUT2D eigenvalue weighted by Gasteiger charge is 2.35. The molecule has 2 rings (SSSR count). The van der Waals surface area contributed by atoms with Gasteiger partial charge in [0.2, 0.25) is 0 Å². The van der Waals surface area contributed by atoms with Crippen LogP contribution in [0.4, 0.5) is 0 Å². The van der Waals surface area contributed by atoms with Gasteiger partial charge in [-0.05, 0) is 85.5 Å². The summed E-state index contributed by atoms with van der Waals surface area (Å²) in [6.07, 6.45) is 13.4. The molecule has 0 aromatic heterocycles. The van der Waals surface area contributed by atoms with E-state index in [0.717, 1.165) is 19.3 Å². The lowest BCUT2D eigenvalue weighted by Crippen LogP contribution is -2.09. The van der Waals surface area contributed by atoms with E-state index in [1.54, 1.807) is 12.1 Å². The summed E-state index contributed by atoms with van der Waals surface area (Å²) >= 11 is 0. The minimum absolute atomic E-state index is 0.0260. The molecular formula is C23H38O2. The smallest absolute Gasteiger partial charge is 0.157 e. The van der Waals surface area contributed by atoms with E-state index >= 15 is 0 Å². The summed E-state index contributed by atoms with van der Waals surface area (Å²) in [6, 6.07) is 3.58. The predicted octanol–water partition coefficient (Wildman–Crippen LogP) is 6.76. The van der Waals surface area contributed by atoms with Gasteiger partial charge in [0.05, 0.1) is 0 Å². The van der Waals surface area contributed by atoms with Crippen LogP contribution in [0.2, 0.25) is 0 Å². The molecule has 0 amide bonds. The molecule has 1 aromatic carbocycles. The molecule has 25 heavy (non-hydrogen) atoms. The first-order chi connectivity index (χ1) is 11.7. The Morgan fingerprint density at radius 3 is 1.92 bits per heavy atom. The molecule has 0 bridgehead atoms. The van der Waals surface area contributed by atoms with Gasteiger partial charge in [0.1, 0.15) is 0 Å². The van der Waals surface area contributed by atoms with Crippen LogP contribution >= 0.6 is 0 Å². The maximum atomic E-state index is 9.88. The molecule has 0 unspecified atom stereocenters. The Labute approximate surface area is 154 Å². The van der Waals surface area contributed by atoms with E-state index in [-0.39, 0.29) is 11.5 Å². The van der Waals surface area contributed by atoms with Crippen LogP contribution in [-0.2, 0) is 12.8 Å². The van der Waals surface area contributed by atoms with Crippen LogP contribution in [0.3, 0.4) is 0 Å².